The van der Waals surface area contributed by atoms with Crippen LogP contribution in [0.1, 0.15) is 69.7 Å². The van der Waals surface area contributed by atoms with E-state index in [-0.39, 0.29) is 36.2 Å². The molecule has 3 amide bonds. The number of nitrogens with zero attached hydrogens (tertiary/aromatic N) is 1. The third-order valence-corrected chi connectivity index (χ3v) is 9.32. The fraction of sp³-hybridized carbons (Fsp3) is 0.486. The molecule has 14 nitrogen and oxygen atoms in total. The van der Waals surface area contributed by atoms with Crippen molar-refractivity contribution in [2.45, 2.75) is 97.2 Å². The summed E-state index contributed by atoms with van der Waals surface area (Å²) in [6.45, 7) is 13.5. The molecule has 0 unspecified atom stereocenters. The fourth-order valence-corrected chi connectivity index (χ4v) is 6.90. The molecule has 2 rings (SSSR count). The van der Waals surface area contributed by atoms with E-state index < -0.39 is 64.0 Å². The maximum atomic E-state index is 13.6. The number of hydrogen-bond acceptors (Lipinski definition) is 8. The van der Waals surface area contributed by atoms with Gasteiger partial charge in [0.15, 0.2) is 0 Å². The van der Waals surface area contributed by atoms with Gasteiger partial charge in [-0.1, -0.05) is 74.0 Å². The zero-order valence-corrected chi connectivity index (χ0v) is 32.1. The number of rotatable bonds is 17. The lowest BCUT2D eigenvalue weighted by molar-refractivity contribution is -0.138. The molecule has 15 heteroatoms. The van der Waals surface area contributed by atoms with Crippen molar-refractivity contribution in [3.05, 3.63) is 76.9 Å². The minimum atomic E-state index is -4.02. The predicted molar refractivity (Wildman–Crippen MR) is 200 cm³/mol. The van der Waals surface area contributed by atoms with Crippen molar-refractivity contribution in [2.75, 3.05) is 13.1 Å². The highest BCUT2D eigenvalue weighted by Gasteiger charge is 2.27. The number of nitrogens with one attached hydrogen (secondary N) is 4. The summed E-state index contributed by atoms with van der Waals surface area (Å²) in [5.41, 5.74) is 8.18. The quantitative estimate of drug-likeness (QED) is 0.0603. The molecule has 286 valence electrons. The van der Waals surface area contributed by atoms with Crippen LogP contribution in [0.25, 0.3) is 0 Å². The summed E-state index contributed by atoms with van der Waals surface area (Å²) in [7, 11) is -4.02. The monoisotopic (exact) mass is 742 g/mol. The lowest BCUT2D eigenvalue weighted by Crippen LogP contribution is -2.50. The molecule has 52 heavy (non-hydrogen) atoms. The standard InChI is InChI=1S/C37H54N6O8S/c1-23(2)29(17-16-28(21-27-13-10-9-11-14-27)41-36(48)51-37(6,7)8)33(46)42-30(34(47)40-22-31(44)45)15-12-18-39-35(38)43-52(49,50)32-25(4)19-24(3)20-26(32)5/h9-11,13-14,16-17,19-20,23,28-30H,12,15,18,21-22H2,1-8H3,(H,40,47)(H,41,48)(H,42,46)(H,44,45)(H3,38,39,43)/b17-16+/t28-,29+,30-/m0/s1. The van der Waals surface area contributed by atoms with Crippen molar-refractivity contribution >= 4 is 39.9 Å². The van der Waals surface area contributed by atoms with Crippen molar-refractivity contribution in [3.63, 3.8) is 0 Å². The number of carbonyl (C=O) groups is 4. The molecular weight excluding hydrogens is 689 g/mol. The third-order valence-electron chi connectivity index (χ3n) is 7.66. The van der Waals surface area contributed by atoms with E-state index in [0.717, 1.165) is 11.1 Å². The largest absolute Gasteiger partial charge is 0.480 e. The van der Waals surface area contributed by atoms with Crippen LogP contribution in [0, 0.1) is 32.6 Å². The Hall–Kier alpha value is -4.92. The zero-order chi connectivity index (χ0) is 39.2. The SMILES string of the molecule is Cc1cc(C)c(S(=O)(=O)NC(N)=NCCC[C@H](NC(=O)[C@H](/C=C/[C@@H](Cc2ccccc2)NC(=O)OC(C)(C)C)C(C)C)C(=O)NCC(=O)O)c(C)c1. The zero-order valence-electron chi connectivity index (χ0n) is 31.3. The number of sulfonamides is 1. The molecule has 0 fully saturated rings. The number of aliphatic carboxylic acids is 1. The first-order valence-electron chi connectivity index (χ1n) is 17.1. The molecule has 3 atom stereocenters. The van der Waals surface area contributed by atoms with E-state index in [1.54, 1.807) is 58.9 Å². The molecule has 0 aliphatic rings. The number of hydrogen-bond donors (Lipinski definition) is 6. The highest BCUT2D eigenvalue weighted by Crippen LogP contribution is 2.21. The number of amides is 3. The van der Waals surface area contributed by atoms with Crippen LogP contribution in [-0.4, -0.2) is 74.1 Å². The number of aliphatic imine (C=N–C) groups is 1. The first kappa shape index (κ1) is 43.2. The summed E-state index contributed by atoms with van der Waals surface area (Å²) in [5, 5.41) is 17.0. The van der Waals surface area contributed by atoms with E-state index in [0.29, 0.717) is 17.5 Å². The Morgan fingerprint density at radius 3 is 2.13 bits per heavy atom. The van der Waals surface area contributed by atoms with Gasteiger partial charge >= 0.3 is 12.1 Å². The number of ether oxygens (including phenoxy) is 1. The number of carbonyl (C=O) groups excluding carboxylic acids is 3. The van der Waals surface area contributed by atoms with E-state index in [1.165, 1.54) is 0 Å². The molecule has 0 saturated carbocycles. The van der Waals surface area contributed by atoms with Crippen LogP contribution in [0.4, 0.5) is 4.79 Å². The topological polar surface area (TPSA) is 218 Å². The van der Waals surface area contributed by atoms with E-state index in [4.69, 9.17) is 15.6 Å². The van der Waals surface area contributed by atoms with Crippen molar-refractivity contribution in [1.82, 2.24) is 20.7 Å². The lowest BCUT2D eigenvalue weighted by Gasteiger charge is -2.24. The van der Waals surface area contributed by atoms with Crippen LogP contribution in [0.5, 0.6) is 0 Å². The first-order valence-corrected chi connectivity index (χ1v) is 18.6. The van der Waals surface area contributed by atoms with Crippen LogP contribution in [0.3, 0.4) is 0 Å². The van der Waals surface area contributed by atoms with Gasteiger partial charge in [-0.3, -0.25) is 19.4 Å². The van der Waals surface area contributed by atoms with Gasteiger partial charge in [0.2, 0.25) is 17.8 Å². The summed E-state index contributed by atoms with van der Waals surface area (Å²) in [6, 6.07) is 11.3. The molecule has 0 spiro atoms. The molecule has 0 radical (unpaired) electrons. The van der Waals surface area contributed by atoms with E-state index >= 15 is 0 Å². The van der Waals surface area contributed by atoms with E-state index in [1.807, 2.05) is 51.1 Å². The summed E-state index contributed by atoms with van der Waals surface area (Å²) in [5.74, 6) is -3.76. The number of benzene rings is 2. The first-order chi connectivity index (χ1) is 24.2. The number of carboxylic acid groups (broad SMARTS) is 1. The summed E-state index contributed by atoms with van der Waals surface area (Å²) >= 11 is 0. The highest BCUT2D eigenvalue weighted by molar-refractivity contribution is 7.90. The minimum Gasteiger partial charge on any atom is -0.480 e. The number of nitrogens with two attached hydrogens (primary N) is 1. The average Bonchev–Trinajstić information content (AvgIpc) is 2.99. The molecule has 0 heterocycles. The molecule has 0 saturated heterocycles. The summed E-state index contributed by atoms with van der Waals surface area (Å²) in [4.78, 5) is 54.7. The Morgan fingerprint density at radius 2 is 1.58 bits per heavy atom. The minimum absolute atomic E-state index is 0.00378. The molecule has 0 bridgehead atoms. The van der Waals surface area contributed by atoms with Gasteiger partial charge in [-0.15, -0.1) is 0 Å². The van der Waals surface area contributed by atoms with Crippen LogP contribution >= 0.6 is 0 Å². The Balaban J connectivity index is 2.20. The van der Waals surface area contributed by atoms with Crippen LogP contribution in [0.15, 0.2) is 64.5 Å². The van der Waals surface area contributed by atoms with Crippen molar-refractivity contribution < 1.29 is 37.4 Å². The van der Waals surface area contributed by atoms with E-state index in [9.17, 15) is 27.6 Å². The highest BCUT2D eigenvalue weighted by atomic mass is 32.2. The van der Waals surface area contributed by atoms with Crippen molar-refractivity contribution in [2.24, 2.45) is 22.6 Å². The summed E-state index contributed by atoms with van der Waals surface area (Å²) < 4.78 is 33.8. The van der Waals surface area contributed by atoms with Gasteiger partial charge in [0.05, 0.1) is 16.9 Å². The second-order valence-electron chi connectivity index (χ2n) is 14.0. The van der Waals surface area contributed by atoms with Crippen LogP contribution < -0.4 is 26.4 Å². The maximum absolute atomic E-state index is 13.6. The smallest absolute Gasteiger partial charge is 0.408 e. The van der Waals surface area contributed by atoms with Crippen molar-refractivity contribution in [1.29, 1.82) is 0 Å². The fourth-order valence-electron chi connectivity index (χ4n) is 5.49. The Morgan fingerprint density at radius 1 is 0.962 bits per heavy atom. The van der Waals surface area contributed by atoms with Gasteiger partial charge in [-0.2, -0.15) is 0 Å². The molecule has 2 aromatic carbocycles. The number of alkyl carbamates (subject to hydrolysis) is 1. The van der Waals surface area contributed by atoms with Gasteiger partial charge in [0, 0.05) is 6.54 Å². The number of carboxylic acids is 1. The summed E-state index contributed by atoms with van der Waals surface area (Å²) in [6.07, 6.45) is 3.44. The predicted octanol–water partition coefficient (Wildman–Crippen LogP) is 3.64. The number of aryl methyl sites for hydroxylation is 3. The van der Waals surface area contributed by atoms with Gasteiger partial charge in [0.25, 0.3) is 10.0 Å². The van der Waals surface area contributed by atoms with E-state index in [2.05, 4.69) is 25.7 Å². The second-order valence-corrected chi connectivity index (χ2v) is 15.6. The lowest BCUT2D eigenvalue weighted by atomic mass is 9.92. The molecule has 7 N–H and O–H groups in total. The van der Waals surface area contributed by atoms with Crippen molar-refractivity contribution in [3.8, 4) is 0 Å². The van der Waals surface area contributed by atoms with Gasteiger partial charge in [-0.25, -0.2) is 17.9 Å². The second kappa shape index (κ2) is 19.6. The average molecular weight is 743 g/mol. The molecule has 0 aliphatic carbocycles. The molecule has 2 aromatic rings. The molecule has 0 aromatic heterocycles. The Labute approximate surface area is 307 Å². The van der Waals surface area contributed by atoms with Gasteiger partial charge < -0.3 is 31.5 Å². The van der Waals surface area contributed by atoms with Crippen LogP contribution in [-0.2, 0) is 35.6 Å². The maximum Gasteiger partial charge on any atom is 0.408 e. The van der Waals surface area contributed by atoms with Gasteiger partial charge in [-0.05, 0) is 83.4 Å². The third kappa shape index (κ3) is 15.1. The normalized spacial score (nSPS) is 14.0. The number of guanidine groups is 1. The Bertz CT molecular complexity index is 1700. The van der Waals surface area contributed by atoms with Gasteiger partial charge in [0.1, 0.15) is 18.2 Å². The molecular formula is C37H54N6O8S. The van der Waals surface area contributed by atoms with Crippen LogP contribution in [0.2, 0.25) is 0 Å². The molecule has 0 aliphatic heterocycles. The Kier molecular flexibility index (Phi) is 16.3.